The Bertz CT molecular complexity index is 417. The predicted octanol–water partition coefficient (Wildman–Crippen LogP) is 3.82. The third-order valence-electron chi connectivity index (χ3n) is 4.82. The standard InChI is InChI=1S/C17H25NO/c1-19-17-9-8-14(15-7-4-10-18-12-15)11-16(17)13-5-2-3-6-13/h8-9,11,13,15,18H,2-7,10,12H2,1H3. The highest BCUT2D eigenvalue weighted by molar-refractivity contribution is 5.41. The summed E-state index contributed by atoms with van der Waals surface area (Å²) < 4.78 is 5.58. The van der Waals surface area contributed by atoms with E-state index in [2.05, 4.69) is 23.5 Å². The lowest BCUT2D eigenvalue weighted by Gasteiger charge is -2.25. The van der Waals surface area contributed by atoms with Gasteiger partial charge in [0.05, 0.1) is 7.11 Å². The molecule has 2 heteroatoms. The summed E-state index contributed by atoms with van der Waals surface area (Å²) in [4.78, 5) is 0. The van der Waals surface area contributed by atoms with Gasteiger partial charge in [0.2, 0.25) is 0 Å². The molecule has 19 heavy (non-hydrogen) atoms. The van der Waals surface area contributed by atoms with Crippen molar-refractivity contribution in [3.8, 4) is 5.75 Å². The van der Waals surface area contributed by atoms with E-state index in [0.717, 1.165) is 18.2 Å². The summed E-state index contributed by atoms with van der Waals surface area (Å²) in [6.45, 7) is 2.32. The lowest BCUT2D eigenvalue weighted by atomic mass is 9.87. The molecule has 0 bridgehead atoms. The normalized spacial score (nSPS) is 24.6. The molecule has 1 saturated heterocycles. The Morgan fingerprint density at radius 2 is 1.84 bits per heavy atom. The van der Waals surface area contributed by atoms with Crippen LogP contribution < -0.4 is 10.1 Å². The van der Waals surface area contributed by atoms with Gasteiger partial charge in [-0.2, -0.15) is 0 Å². The topological polar surface area (TPSA) is 21.3 Å². The molecule has 0 radical (unpaired) electrons. The van der Waals surface area contributed by atoms with Crippen molar-refractivity contribution in [3.05, 3.63) is 29.3 Å². The maximum Gasteiger partial charge on any atom is 0.122 e. The zero-order chi connectivity index (χ0) is 13.1. The molecule has 1 aliphatic carbocycles. The van der Waals surface area contributed by atoms with Crippen LogP contribution in [-0.2, 0) is 0 Å². The Morgan fingerprint density at radius 3 is 2.53 bits per heavy atom. The number of methoxy groups -OCH3 is 1. The Kier molecular flexibility index (Phi) is 4.07. The van der Waals surface area contributed by atoms with Crippen molar-refractivity contribution in [2.24, 2.45) is 0 Å². The van der Waals surface area contributed by atoms with Crippen LogP contribution in [0.4, 0.5) is 0 Å². The second kappa shape index (κ2) is 5.96. The molecule has 3 rings (SSSR count). The van der Waals surface area contributed by atoms with Gasteiger partial charge < -0.3 is 10.1 Å². The van der Waals surface area contributed by atoms with Gasteiger partial charge in [-0.1, -0.05) is 25.0 Å². The lowest BCUT2D eigenvalue weighted by molar-refractivity contribution is 0.404. The smallest absolute Gasteiger partial charge is 0.122 e. The van der Waals surface area contributed by atoms with Crippen molar-refractivity contribution < 1.29 is 4.74 Å². The van der Waals surface area contributed by atoms with Crippen LogP contribution in [0.1, 0.15) is 61.5 Å². The fourth-order valence-electron chi connectivity index (χ4n) is 3.70. The van der Waals surface area contributed by atoms with E-state index < -0.39 is 0 Å². The Balaban J connectivity index is 1.87. The van der Waals surface area contributed by atoms with E-state index in [-0.39, 0.29) is 0 Å². The van der Waals surface area contributed by atoms with Crippen LogP contribution >= 0.6 is 0 Å². The molecule has 104 valence electrons. The Labute approximate surface area is 116 Å². The minimum Gasteiger partial charge on any atom is -0.496 e. The van der Waals surface area contributed by atoms with Gasteiger partial charge in [0.15, 0.2) is 0 Å². The van der Waals surface area contributed by atoms with Gasteiger partial charge in [-0.15, -0.1) is 0 Å². The molecule has 2 fully saturated rings. The highest BCUT2D eigenvalue weighted by atomic mass is 16.5. The van der Waals surface area contributed by atoms with Crippen molar-refractivity contribution in [2.75, 3.05) is 20.2 Å². The zero-order valence-electron chi connectivity index (χ0n) is 12.0. The molecule has 1 aromatic rings. The van der Waals surface area contributed by atoms with Crippen LogP contribution in [0.3, 0.4) is 0 Å². The fraction of sp³-hybridized carbons (Fsp3) is 0.647. The molecule has 2 nitrogen and oxygen atoms in total. The number of rotatable bonds is 3. The predicted molar refractivity (Wildman–Crippen MR) is 79.0 cm³/mol. The number of piperidine rings is 1. The molecule has 1 N–H and O–H groups in total. The van der Waals surface area contributed by atoms with E-state index in [4.69, 9.17) is 4.74 Å². The van der Waals surface area contributed by atoms with Crippen molar-refractivity contribution in [2.45, 2.75) is 50.4 Å². The molecule has 1 aromatic carbocycles. The van der Waals surface area contributed by atoms with E-state index in [0.29, 0.717) is 5.92 Å². The SMILES string of the molecule is COc1ccc(C2CCCNC2)cc1C1CCCC1. The maximum absolute atomic E-state index is 5.58. The van der Waals surface area contributed by atoms with Gasteiger partial charge in [-0.3, -0.25) is 0 Å². The Hall–Kier alpha value is -1.02. The molecule has 1 saturated carbocycles. The summed E-state index contributed by atoms with van der Waals surface area (Å²) in [7, 11) is 1.80. The third kappa shape index (κ3) is 2.79. The van der Waals surface area contributed by atoms with Crippen molar-refractivity contribution >= 4 is 0 Å². The lowest BCUT2D eigenvalue weighted by Crippen LogP contribution is -2.28. The minimum absolute atomic E-state index is 0.694. The van der Waals surface area contributed by atoms with Crippen LogP contribution in [-0.4, -0.2) is 20.2 Å². The van der Waals surface area contributed by atoms with Gasteiger partial charge in [0.1, 0.15) is 5.75 Å². The minimum atomic E-state index is 0.694. The summed E-state index contributed by atoms with van der Waals surface area (Å²) in [5.41, 5.74) is 2.97. The third-order valence-corrected chi connectivity index (χ3v) is 4.82. The summed E-state index contributed by atoms with van der Waals surface area (Å²) in [5.74, 6) is 2.52. The van der Waals surface area contributed by atoms with Gasteiger partial charge in [-0.25, -0.2) is 0 Å². The first-order chi connectivity index (χ1) is 9.38. The first-order valence-corrected chi connectivity index (χ1v) is 7.77. The fourth-order valence-corrected chi connectivity index (χ4v) is 3.70. The van der Waals surface area contributed by atoms with Gasteiger partial charge in [0, 0.05) is 6.54 Å². The quantitative estimate of drug-likeness (QED) is 0.891. The summed E-state index contributed by atoms with van der Waals surface area (Å²) in [5, 5.41) is 3.52. The summed E-state index contributed by atoms with van der Waals surface area (Å²) >= 11 is 0. The highest BCUT2D eigenvalue weighted by Crippen LogP contribution is 2.40. The molecule has 2 aliphatic rings. The second-order valence-corrected chi connectivity index (χ2v) is 6.03. The average molecular weight is 259 g/mol. The molecule has 1 unspecified atom stereocenters. The molecular weight excluding hydrogens is 234 g/mol. The largest absolute Gasteiger partial charge is 0.496 e. The van der Waals surface area contributed by atoms with Crippen LogP contribution in [0.25, 0.3) is 0 Å². The molecule has 1 aliphatic heterocycles. The molecule has 0 aromatic heterocycles. The number of hydrogen-bond acceptors (Lipinski definition) is 2. The van der Waals surface area contributed by atoms with E-state index in [1.165, 1.54) is 56.2 Å². The van der Waals surface area contributed by atoms with Crippen molar-refractivity contribution in [3.63, 3.8) is 0 Å². The van der Waals surface area contributed by atoms with E-state index in [1.807, 2.05) is 0 Å². The molecular formula is C17H25NO. The van der Waals surface area contributed by atoms with Crippen LogP contribution in [0, 0.1) is 0 Å². The van der Waals surface area contributed by atoms with E-state index in [9.17, 15) is 0 Å². The number of hydrogen-bond donors (Lipinski definition) is 1. The van der Waals surface area contributed by atoms with Crippen LogP contribution in [0.5, 0.6) is 5.75 Å². The molecule has 0 amide bonds. The summed E-state index contributed by atoms with van der Waals surface area (Å²) in [6.07, 6.45) is 8.05. The number of benzene rings is 1. The van der Waals surface area contributed by atoms with Crippen LogP contribution in [0.2, 0.25) is 0 Å². The summed E-state index contributed by atoms with van der Waals surface area (Å²) in [6, 6.07) is 6.90. The number of ether oxygens (including phenoxy) is 1. The molecule has 1 atom stereocenters. The highest BCUT2D eigenvalue weighted by Gasteiger charge is 2.23. The maximum atomic E-state index is 5.58. The molecule has 1 heterocycles. The van der Waals surface area contributed by atoms with E-state index >= 15 is 0 Å². The van der Waals surface area contributed by atoms with E-state index in [1.54, 1.807) is 7.11 Å². The monoisotopic (exact) mass is 259 g/mol. The number of nitrogens with one attached hydrogen (secondary N) is 1. The zero-order valence-corrected chi connectivity index (χ0v) is 12.0. The van der Waals surface area contributed by atoms with Gasteiger partial charge in [0.25, 0.3) is 0 Å². The first-order valence-electron chi connectivity index (χ1n) is 7.77. The average Bonchev–Trinajstić information content (AvgIpc) is 3.01. The molecule has 0 spiro atoms. The van der Waals surface area contributed by atoms with Crippen molar-refractivity contribution in [1.29, 1.82) is 0 Å². The second-order valence-electron chi connectivity index (χ2n) is 6.03. The van der Waals surface area contributed by atoms with Crippen LogP contribution in [0.15, 0.2) is 18.2 Å². The van der Waals surface area contributed by atoms with Gasteiger partial charge >= 0.3 is 0 Å². The van der Waals surface area contributed by atoms with Crippen molar-refractivity contribution in [1.82, 2.24) is 5.32 Å². The van der Waals surface area contributed by atoms with Gasteiger partial charge in [-0.05, 0) is 61.3 Å². The first kappa shape index (κ1) is 13.0. The Morgan fingerprint density at radius 1 is 1.05 bits per heavy atom.